The quantitative estimate of drug-likeness (QED) is 0.113. The van der Waals surface area contributed by atoms with E-state index in [4.69, 9.17) is 16.6 Å². The third kappa shape index (κ3) is 10.3. The molecule has 1 aliphatic rings. The maximum absolute atomic E-state index is 12.6. The van der Waals surface area contributed by atoms with Gasteiger partial charge in [-0.05, 0) is 118 Å². The zero-order chi connectivity index (χ0) is 34.3. The van der Waals surface area contributed by atoms with Crippen LogP contribution in [0.25, 0.3) is 23.1 Å². The number of thioether (sulfide) groups is 1. The fourth-order valence-corrected chi connectivity index (χ4v) is 8.59. The van der Waals surface area contributed by atoms with Crippen LogP contribution in [0.5, 0.6) is 0 Å². The largest absolute Gasteiger partial charge is 0.481 e. The van der Waals surface area contributed by atoms with Crippen molar-refractivity contribution in [1.82, 2.24) is 9.88 Å². The summed E-state index contributed by atoms with van der Waals surface area (Å²) in [5.74, 6) is -0.169. The third-order valence-corrected chi connectivity index (χ3v) is 11.8. The molecular weight excluding hydrogens is 671 g/mol. The molecule has 0 amide bonds. The Bertz CT molecular complexity index is 1730. The lowest BCUT2D eigenvalue weighted by molar-refractivity contribution is -0.144. The van der Waals surface area contributed by atoms with E-state index in [-0.39, 0.29) is 29.0 Å². The van der Waals surface area contributed by atoms with Crippen LogP contribution < -0.4 is 0 Å². The number of hydrogen-bond donors (Lipinski definition) is 2. The van der Waals surface area contributed by atoms with Gasteiger partial charge in [0.05, 0.1) is 22.7 Å². The van der Waals surface area contributed by atoms with E-state index in [2.05, 4.69) is 61.2 Å². The summed E-state index contributed by atoms with van der Waals surface area (Å²) in [6, 6.07) is 26.7. The smallest absolute Gasteiger partial charge is 0.307 e. The van der Waals surface area contributed by atoms with Gasteiger partial charge in [-0.1, -0.05) is 92.2 Å². The number of carboxylic acids is 1. The van der Waals surface area contributed by atoms with Crippen molar-refractivity contribution in [3.63, 3.8) is 0 Å². The molecule has 2 atom stereocenters. The third-order valence-electron chi connectivity index (χ3n) is 9.89. The number of aliphatic hydroxyl groups is 1. The molecule has 0 bridgehead atoms. The average Bonchev–Trinajstić information content (AvgIpc) is 3.85. The van der Waals surface area contributed by atoms with E-state index >= 15 is 0 Å². The second-order valence-electron chi connectivity index (χ2n) is 13.7. The van der Waals surface area contributed by atoms with Crippen molar-refractivity contribution in [2.45, 2.75) is 70.7 Å². The molecule has 1 fully saturated rings. The van der Waals surface area contributed by atoms with Crippen LogP contribution in [0.15, 0.2) is 78.9 Å². The minimum absolute atomic E-state index is 0. The van der Waals surface area contributed by atoms with E-state index in [9.17, 15) is 15.0 Å². The number of carboxylic acid groups (broad SMARTS) is 1. The number of nitrogens with zero attached hydrogens (tertiary/aromatic N) is 2. The highest BCUT2D eigenvalue weighted by atomic mass is 35.5. The Morgan fingerprint density at radius 3 is 2.43 bits per heavy atom. The number of hydrogen-bond acceptors (Lipinski definition) is 5. The number of aromatic nitrogens is 1. The normalized spacial score (nSPS) is 15.3. The Morgan fingerprint density at radius 1 is 1.00 bits per heavy atom. The summed E-state index contributed by atoms with van der Waals surface area (Å²) >= 11 is 8.12. The zero-order valence-electron chi connectivity index (χ0n) is 29.1. The monoisotopic (exact) mass is 720 g/mol. The molecule has 4 aromatic rings. The molecule has 0 unspecified atom stereocenters. The van der Waals surface area contributed by atoms with E-state index < -0.39 is 11.6 Å². The molecule has 1 heterocycles. The summed E-state index contributed by atoms with van der Waals surface area (Å²) in [6.45, 7) is 10.7. The van der Waals surface area contributed by atoms with E-state index in [1.54, 1.807) is 0 Å². The van der Waals surface area contributed by atoms with Crippen LogP contribution >= 0.6 is 35.8 Å². The highest BCUT2D eigenvalue weighted by molar-refractivity contribution is 7.99. The molecule has 262 valence electrons. The lowest BCUT2D eigenvalue weighted by Crippen LogP contribution is -2.33. The molecule has 0 radical (unpaired) electrons. The van der Waals surface area contributed by atoms with Crippen molar-refractivity contribution < 1.29 is 15.0 Å². The Morgan fingerprint density at radius 2 is 1.73 bits per heavy atom. The van der Waals surface area contributed by atoms with Crippen LogP contribution in [0, 0.1) is 11.3 Å². The molecule has 49 heavy (non-hydrogen) atoms. The first-order chi connectivity index (χ1) is 23.0. The van der Waals surface area contributed by atoms with Crippen molar-refractivity contribution in [2.24, 2.45) is 11.3 Å². The van der Waals surface area contributed by atoms with Gasteiger partial charge in [-0.25, -0.2) is 4.98 Å². The lowest BCUT2D eigenvalue weighted by Gasteiger charge is -2.28. The Labute approximate surface area is 307 Å². The standard InChI is InChI=1S/C41H49ClN2O3S.ClH/c1-5-44(6-2)25-22-36(39(45)46)41(23-24-41)28-48-38(21-17-30-11-7-8-13-35(30)40(3,4)47)32-12-9-10-29(26-32)14-19-34-20-16-31-15-18-33(42)27-37(31)43-34;/h7-16,18-20,26-27,36,38,47H,5-6,17,21-25,28H2,1-4H3,(H,45,46);1H/b19-14+;/t36-,38+;/m0./s1. The van der Waals surface area contributed by atoms with Gasteiger partial charge in [-0.15, -0.1) is 12.4 Å². The average molecular weight is 722 g/mol. The topological polar surface area (TPSA) is 73.7 Å². The Balaban J connectivity index is 0.00000541. The Hall–Kier alpha value is -2.87. The van der Waals surface area contributed by atoms with Gasteiger partial charge in [0.2, 0.25) is 0 Å². The molecule has 0 saturated heterocycles. The molecule has 5 rings (SSSR count). The van der Waals surface area contributed by atoms with Crippen LogP contribution in [0.2, 0.25) is 5.02 Å². The van der Waals surface area contributed by atoms with Crippen molar-refractivity contribution >= 4 is 64.8 Å². The second-order valence-corrected chi connectivity index (χ2v) is 15.3. The molecular formula is C41H50Cl2N2O3S. The SMILES string of the molecule is CCN(CC)CC[C@@H](C(=O)O)C1(CS[C@H](CCc2ccccc2C(C)(C)O)c2cccc(/C=C/c3ccc4ccc(Cl)cc4n3)c2)CC1.Cl. The number of fused-ring (bicyclic) bond motifs is 1. The van der Waals surface area contributed by atoms with Gasteiger partial charge >= 0.3 is 5.97 Å². The van der Waals surface area contributed by atoms with Gasteiger partial charge in [0, 0.05) is 21.4 Å². The summed E-state index contributed by atoms with van der Waals surface area (Å²) in [7, 11) is 0. The molecule has 1 aliphatic carbocycles. The first-order valence-corrected chi connectivity index (χ1v) is 18.7. The van der Waals surface area contributed by atoms with Crippen molar-refractivity contribution in [3.8, 4) is 0 Å². The van der Waals surface area contributed by atoms with Crippen LogP contribution in [0.1, 0.15) is 86.6 Å². The van der Waals surface area contributed by atoms with Crippen LogP contribution in [-0.2, 0) is 16.8 Å². The molecule has 0 aliphatic heterocycles. The number of aryl methyl sites for hydroxylation is 1. The predicted octanol–water partition coefficient (Wildman–Crippen LogP) is 10.3. The number of aliphatic carboxylic acids is 1. The fraction of sp³-hybridized carbons (Fsp3) is 0.415. The number of carbonyl (C=O) groups is 1. The fourth-order valence-electron chi connectivity index (χ4n) is 6.78. The maximum Gasteiger partial charge on any atom is 0.307 e. The molecule has 2 N–H and O–H groups in total. The van der Waals surface area contributed by atoms with E-state index in [0.717, 1.165) is 84.4 Å². The van der Waals surface area contributed by atoms with Crippen LogP contribution in [0.4, 0.5) is 0 Å². The van der Waals surface area contributed by atoms with Gasteiger partial charge < -0.3 is 15.1 Å². The molecule has 3 aromatic carbocycles. The highest BCUT2D eigenvalue weighted by Gasteiger charge is 2.52. The molecule has 5 nitrogen and oxygen atoms in total. The van der Waals surface area contributed by atoms with Crippen molar-refractivity contribution in [1.29, 1.82) is 0 Å². The van der Waals surface area contributed by atoms with Gasteiger partial charge in [-0.2, -0.15) is 11.8 Å². The highest BCUT2D eigenvalue weighted by Crippen LogP contribution is 2.57. The Kier molecular flexibility index (Phi) is 13.8. The zero-order valence-corrected chi connectivity index (χ0v) is 31.5. The van der Waals surface area contributed by atoms with E-state index in [0.29, 0.717) is 11.4 Å². The van der Waals surface area contributed by atoms with Gasteiger partial charge in [0.25, 0.3) is 0 Å². The minimum Gasteiger partial charge on any atom is -0.481 e. The van der Waals surface area contributed by atoms with E-state index in [1.807, 2.05) is 74.1 Å². The number of pyridine rings is 1. The number of benzene rings is 3. The first kappa shape index (κ1) is 38.9. The number of rotatable bonds is 17. The summed E-state index contributed by atoms with van der Waals surface area (Å²) < 4.78 is 0. The molecule has 1 aromatic heterocycles. The van der Waals surface area contributed by atoms with Crippen LogP contribution in [-0.4, -0.2) is 51.5 Å². The summed E-state index contributed by atoms with van der Waals surface area (Å²) in [5.41, 5.74) is 5.07. The van der Waals surface area contributed by atoms with Crippen LogP contribution in [0.3, 0.4) is 0 Å². The van der Waals surface area contributed by atoms with Gasteiger partial charge in [-0.3, -0.25) is 4.79 Å². The summed E-state index contributed by atoms with van der Waals surface area (Å²) in [4.78, 5) is 19.7. The minimum atomic E-state index is -0.927. The predicted molar refractivity (Wildman–Crippen MR) is 210 cm³/mol. The van der Waals surface area contributed by atoms with Crippen molar-refractivity contribution in [2.75, 3.05) is 25.4 Å². The number of halogens is 2. The summed E-state index contributed by atoms with van der Waals surface area (Å²) in [5, 5.41) is 23.1. The first-order valence-electron chi connectivity index (χ1n) is 17.2. The maximum atomic E-state index is 12.6. The lowest BCUT2D eigenvalue weighted by atomic mass is 9.87. The van der Waals surface area contributed by atoms with Gasteiger partial charge in [0.1, 0.15) is 0 Å². The van der Waals surface area contributed by atoms with Crippen molar-refractivity contribution in [3.05, 3.63) is 112 Å². The summed E-state index contributed by atoms with van der Waals surface area (Å²) in [6.07, 6.45) is 8.46. The molecule has 8 heteroatoms. The van der Waals surface area contributed by atoms with Gasteiger partial charge in [0.15, 0.2) is 0 Å². The second kappa shape index (κ2) is 17.4. The molecule has 0 spiro atoms. The molecule has 1 saturated carbocycles. The van der Waals surface area contributed by atoms with E-state index in [1.165, 1.54) is 5.56 Å².